The first-order chi connectivity index (χ1) is 13.8. The summed E-state index contributed by atoms with van der Waals surface area (Å²) in [6, 6.07) is 24.2. The molecule has 4 rings (SSSR count). The number of ether oxygens (including phenoxy) is 1. The largest absolute Gasteiger partial charge is 0.494 e. The lowest BCUT2D eigenvalue weighted by Gasteiger charge is -2.32. The maximum Gasteiger partial charge on any atom is 0.124 e. The zero-order chi connectivity index (χ0) is 19.2. The van der Waals surface area contributed by atoms with Crippen LogP contribution in [-0.4, -0.2) is 30.6 Å². The third kappa shape index (κ3) is 6.12. The maximum atomic E-state index is 5.92. The van der Waals surface area contributed by atoms with Gasteiger partial charge in [-0.1, -0.05) is 60.7 Å². The lowest BCUT2D eigenvalue weighted by Crippen LogP contribution is -2.41. The summed E-state index contributed by atoms with van der Waals surface area (Å²) in [6.45, 7) is 6.98. The fourth-order valence-electron chi connectivity index (χ4n) is 4.17. The molecule has 3 aromatic rings. The summed E-state index contributed by atoms with van der Waals surface area (Å²) in [6.07, 6.45) is 2.39. The SMILES string of the molecule is CCOc1ccc2ccccc2c1CNC1CCN(Cc2ccccc2)CC1.Cl.Cl. The van der Waals surface area contributed by atoms with Gasteiger partial charge in [-0.3, -0.25) is 4.90 Å². The highest BCUT2D eigenvalue weighted by molar-refractivity contribution is 5.87. The highest BCUT2D eigenvalue weighted by Crippen LogP contribution is 2.28. The van der Waals surface area contributed by atoms with Crippen molar-refractivity contribution in [3.8, 4) is 5.75 Å². The second kappa shape index (κ2) is 12.2. The molecule has 3 aromatic carbocycles. The summed E-state index contributed by atoms with van der Waals surface area (Å²) < 4.78 is 5.92. The average molecular weight is 447 g/mol. The van der Waals surface area contributed by atoms with Crippen LogP contribution in [0.4, 0.5) is 0 Å². The molecule has 0 atom stereocenters. The van der Waals surface area contributed by atoms with Crippen LogP contribution in [0.1, 0.15) is 30.9 Å². The number of halogens is 2. The van der Waals surface area contributed by atoms with Crippen LogP contribution in [0.15, 0.2) is 66.7 Å². The molecule has 1 aliphatic rings. The molecule has 0 amide bonds. The van der Waals surface area contributed by atoms with E-state index in [9.17, 15) is 0 Å². The second-order valence-corrected chi connectivity index (χ2v) is 7.61. The van der Waals surface area contributed by atoms with Gasteiger partial charge in [0.05, 0.1) is 6.61 Å². The van der Waals surface area contributed by atoms with Crippen molar-refractivity contribution in [3.05, 3.63) is 77.9 Å². The van der Waals surface area contributed by atoms with E-state index in [2.05, 4.69) is 83.9 Å². The number of hydrogen-bond donors (Lipinski definition) is 1. The third-order valence-electron chi connectivity index (χ3n) is 5.70. The van der Waals surface area contributed by atoms with E-state index in [1.807, 2.05) is 0 Å². The summed E-state index contributed by atoms with van der Waals surface area (Å²) in [5.74, 6) is 1.01. The zero-order valence-corrected chi connectivity index (χ0v) is 19.2. The summed E-state index contributed by atoms with van der Waals surface area (Å²) in [5.41, 5.74) is 2.69. The van der Waals surface area contributed by atoms with Crippen molar-refractivity contribution in [2.75, 3.05) is 19.7 Å². The van der Waals surface area contributed by atoms with Gasteiger partial charge < -0.3 is 10.1 Å². The fourth-order valence-corrected chi connectivity index (χ4v) is 4.17. The topological polar surface area (TPSA) is 24.5 Å². The average Bonchev–Trinajstić information content (AvgIpc) is 2.75. The molecular weight excluding hydrogens is 415 g/mol. The summed E-state index contributed by atoms with van der Waals surface area (Å²) >= 11 is 0. The Hall–Kier alpha value is -1.78. The van der Waals surface area contributed by atoms with Gasteiger partial charge in [0.2, 0.25) is 0 Å². The van der Waals surface area contributed by atoms with Gasteiger partial charge in [0, 0.05) is 24.7 Å². The molecule has 0 saturated carbocycles. The maximum absolute atomic E-state index is 5.92. The fraction of sp³-hybridized carbons (Fsp3) is 0.360. The Labute approximate surface area is 192 Å². The summed E-state index contributed by atoms with van der Waals surface area (Å²) in [5, 5.41) is 6.38. The van der Waals surface area contributed by atoms with Crippen LogP contribution in [0.3, 0.4) is 0 Å². The predicted octanol–water partition coefficient (Wildman–Crippen LogP) is 5.84. The van der Waals surface area contributed by atoms with Gasteiger partial charge in [0.15, 0.2) is 0 Å². The Balaban J connectivity index is 0.00000160. The monoisotopic (exact) mass is 446 g/mol. The van der Waals surface area contributed by atoms with Crippen LogP contribution in [-0.2, 0) is 13.1 Å². The number of fused-ring (bicyclic) bond motifs is 1. The number of likely N-dealkylation sites (tertiary alicyclic amines) is 1. The van der Waals surface area contributed by atoms with Gasteiger partial charge in [-0.05, 0) is 55.3 Å². The van der Waals surface area contributed by atoms with E-state index < -0.39 is 0 Å². The molecule has 1 N–H and O–H groups in total. The quantitative estimate of drug-likeness (QED) is 0.493. The van der Waals surface area contributed by atoms with E-state index in [1.165, 1.54) is 34.7 Å². The van der Waals surface area contributed by atoms with Crippen molar-refractivity contribution in [2.45, 2.75) is 38.9 Å². The molecule has 5 heteroatoms. The van der Waals surface area contributed by atoms with Gasteiger partial charge in [0.25, 0.3) is 0 Å². The summed E-state index contributed by atoms with van der Waals surface area (Å²) in [7, 11) is 0. The van der Waals surface area contributed by atoms with Crippen molar-refractivity contribution in [1.29, 1.82) is 0 Å². The second-order valence-electron chi connectivity index (χ2n) is 7.61. The van der Waals surface area contributed by atoms with Gasteiger partial charge in [-0.2, -0.15) is 0 Å². The molecule has 3 nitrogen and oxygen atoms in total. The van der Waals surface area contributed by atoms with Gasteiger partial charge in [-0.25, -0.2) is 0 Å². The van der Waals surface area contributed by atoms with Crippen LogP contribution in [0.25, 0.3) is 10.8 Å². The molecule has 0 aromatic heterocycles. The lowest BCUT2D eigenvalue weighted by molar-refractivity contribution is 0.190. The number of benzene rings is 3. The highest BCUT2D eigenvalue weighted by Gasteiger charge is 2.19. The Morgan fingerprint density at radius 2 is 1.60 bits per heavy atom. The van der Waals surface area contributed by atoms with E-state index in [-0.39, 0.29) is 24.8 Å². The standard InChI is InChI=1S/C25H30N2O.2ClH/c1-2-28-25-13-12-21-10-6-7-11-23(21)24(25)18-26-22-14-16-27(17-15-22)19-20-8-4-3-5-9-20;;/h3-13,22,26H,2,14-19H2,1H3;2*1H. The van der Waals surface area contributed by atoms with Crippen LogP contribution in [0, 0.1) is 0 Å². The molecule has 0 aliphatic carbocycles. The minimum Gasteiger partial charge on any atom is -0.494 e. The van der Waals surface area contributed by atoms with Crippen LogP contribution >= 0.6 is 24.8 Å². The molecule has 0 spiro atoms. The summed E-state index contributed by atoms with van der Waals surface area (Å²) in [4.78, 5) is 2.57. The molecule has 162 valence electrons. The van der Waals surface area contributed by atoms with E-state index >= 15 is 0 Å². The molecule has 1 aliphatic heterocycles. The van der Waals surface area contributed by atoms with E-state index in [0.29, 0.717) is 12.6 Å². The van der Waals surface area contributed by atoms with Gasteiger partial charge >= 0.3 is 0 Å². The van der Waals surface area contributed by atoms with Crippen molar-refractivity contribution in [2.24, 2.45) is 0 Å². The smallest absolute Gasteiger partial charge is 0.124 e. The molecule has 0 bridgehead atoms. The molecule has 1 saturated heterocycles. The third-order valence-corrected chi connectivity index (χ3v) is 5.70. The Bertz CT molecular complexity index is 896. The number of nitrogens with zero attached hydrogens (tertiary/aromatic N) is 1. The number of nitrogens with one attached hydrogen (secondary N) is 1. The number of rotatable bonds is 7. The van der Waals surface area contributed by atoms with Crippen molar-refractivity contribution < 1.29 is 4.74 Å². The Morgan fingerprint density at radius 1 is 0.900 bits per heavy atom. The highest BCUT2D eigenvalue weighted by atomic mass is 35.5. The predicted molar refractivity (Wildman–Crippen MR) is 131 cm³/mol. The first kappa shape index (κ1) is 24.5. The molecular formula is C25H32Cl2N2O. The lowest BCUT2D eigenvalue weighted by atomic mass is 10.0. The Morgan fingerprint density at radius 3 is 2.33 bits per heavy atom. The Kier molecular flexibility index (Phi) is 9.93. The van der Waals surface area contributed by atoms with E-state index in [4.69, 9.17) is 4.74 Å². The van der Waals surface area contributed by atoms with Crippen molar-refractivity contribution in [3.63, 3.8) is 0 Å². The van der Waals surface area contributed by atoms with Crippen LogP contribution in [0.5, 0.6) is 5.75 Å². The molecule has 0 radical (unpaired) electrons. The van der Waals surface area contributed by atoms with E-state index in [1.54, 1.807) is 0 Å². The van der Waals surface area contributed by atoms with Crippen molar-refractivity contribution in [1.82, 2.24) is 10.2 Å². The molecule has 1 heterocycles. The first-order valence-corrected chi connectivity index (χ1v) is 10.5. The molecule has 0 unspecified atom stereocenters. The minimum absolute atomic E-state index is 0. The van der Waals surface area contributed by atoms with Gasteiger partial charge in [0.1, 0.15) is 5.75 Å². The van der Waals surface area contributed by atoms with Crippen LogP contribution < -0.4 is 10.1 Å². The van der Waals surface area contributed by atoms with E-state index in [0.717, 1.165) is 31.9 Å². The van der Waals surface area contributed by atoms with Crippen LogP contribution in [0.2, 0.25) is 0 Å². The normalized spacial score (nSPS) is 14.7. The number of piperidine rings is 1. The number of hydrogen-bond acceptors (Lipinski definition) is 3. The first-order valence-electron chi connectivity index (χ1n) is 10.5. The van der Waals surface area contributed by atoms with Crippen molar-refractivity contribution >= 4 is 35.6 Å². The minimum atomic E-state index is 0. The zero-order valence-electron chi connectivity index (χ0n) is 17.5. The molecule has 30 heavy (non-hydrogen) atoms. The van der Waals surface area contributed by atoms with Gasteiger partial charge in [-0.15, -0.1) is 24.8 Å². The molecule has 1 fully saturated rings.